The third kappa shape index (κ3) is 8.52. The molecule has 1 atom stereocenters. The SMILES string of the molecule is Cc1ccc(S(=O)(=O)NC[C@@H](COCc2ccccc2)NC(=O)OC(C)(C)C)cc1. The van der Waals surface area contributed by atoms with E-state index < -0.39 is 27.8 Å². The minimum Gasteiger partial charge on any atom is -0.444 e. The van der Waals surface area contributed by atoms with Crippen molar-refractivity contribution >= 4 is 16.1 Å². The first-order valence-electron chi connectivity index (χ1n) is 9.73. The van der Waals surface area contributed by atoms with Gasteiger partial charge in [0.15, 0.2) is 0 Å². The molecular weight excluding hydrogens is 404 g/mol. The van der Waals surface area contributed by atoms with E-state index >= 15 is 0 Å². The second kappa shape index (κ2) is 10.6. The topological polar surface area (TPSA) is 93.7 Å². The van der Waals surface area contributed by atoms with Gasteiger partial charge in [-0.25, -0.2) is 17.9 Å². The summed E-state index contributed by atoms with van der Waals surface area (Å²) in [4.78, 5) is 12.3. The molecule has 0 spiro atoms. The van der Waals surface area contributed by atoms with Gasteiger partial charge in [0.05, 0.1) is 24.2 Å². The summed E-state index contributed by atoms with van der Waals surface area (Å²) >= 11 is 0. The molecule has 0 bridgehead atoms. The van der Waals surface area contributed by atoms with Crippen LogP contribution in [0.5, 0.6) is 0 Å². The highest BCUT2D eigenvalue weighted by atomic mass is 32.2. The van der Waals surface area contributed by atoms with E-state index in [2.05, 4.69) is 10.0 Å². The van der Waals surface area contributed by atoms with E-state index in [-0.39, 0.29) is 18.0 Å². The van der Waals surface area contributed by atoms with Crippen LogP contribution in [0.1, 0.15) is 31.9 Å². The molecule has 0 aliphatic carbocycles. The summed E-state index contributed by atoms with van der Waals surface area (Å²) in [6.07, 6.45) is -0.634. The monoisotopic (exact) mass is 434 g/mol. The molecule has 0 aromatic heterocycles. The van der Waals surface area contributed by atoms with Crippen molar-refractivity contribution in [3.63, 3.8) is 0 Å². The van der Waals surface area contributed by atoms with E-state index in [0.29, 0.717) is 6.61 Å². The van der Waals surface area contributed by atoms with Gasteiger partial charge in [0.25, 0.3) is 0 Å². The van der Waals surface area contributed by atoms with Crippen LogP contribution in [0, 0.1) is 6.92 Å². The lowest BCUT2D eigenvalue weighted by Crippen LogP contribution is -2.47. The Labute approximate surface area is 178 Å². The van der Waals surface area contributed by atoms with Crippen LogP contribution in [0.15, 0.2) is 59.5 Å². The van der Waals surface area contributed by atoms with Crippen LogP contribution < -0.4 is 10.0 Å². The molecule has 0 aliphatic rings. The lowest BCUT2D eigenvalue weighted by Gasteiger charge is -2.24. The molecule has 0 aliphatic heterocycles. The maximum absolute atomic E-state index is 12.6. The predicted octanol–water partition coefficient (Wildman–Crippen LogP) is 3.38. The van der Waals surface area contributed by atoms with E-state index in [9.17, 15) is 13.2 Å². The van der Waals surface area contributed by atoms with E-state index in [0.717, 1.165) is 11.1 Å². The number of hydrogen-bond acceptors (Lipinski definition) is 5. The number of nitrogens with one attached hydrogen (secondary N) is 2. The van der Waals surface area contributed by atoms with Crippen molar-refractivity contribution in [2.24, 2.45) is 0 Å². The summed E-state index contributed by atoms with van der Waals surface area (Å²) in [6, 6.07) is 15.5. The van der Waals surface area contributed by atoms with Crippen molar-refractivity contribution in [2.45, 2.75) is 50.8 Å². The molecule has 164 valence electrons. The zero-order valence-corrected chi connectivity index (χ0v) is 18.7. The Hall–Kier alpha value is -2.42. The third-order valence-corrected chi connectivity index (χ3v) is 5.44. The largest absolute Gasteiger partial charge is 0.444 e. The molecule has 2 aromatic carbocycles. The van der Waals surface area contributed by atoms with Crippen molar-refractivity contribution in [2.75, 3.05) is 13.2 Å². The Morgan fingerprint density at radius 3 is 2.27 bits per heavy atom. The first kappa shape index (κ1) is 23.9. The van der Waals surface area contributed by atoms with Gasteiger partial charge in [-0.05, 0) is 45.4 Å². The van der Waals surface area contributed by atoms with Crippen LogP contribution in [0.25, 0.3) is 0 Å². The first-order chi connectivity index (χ1) is 14.0. The second-order valence-corrected chi connectivity index (χ2v) is 9.78. The van der Waals surface area contributed by atoms with Crippen LogP contribution in [0.4, 0.5) is 4.79 Å². The number of ether oxygens (including phenoxy) is 2. The Morgan fingerprint density at radius 1 is 1.03 bits per heavy atom. The molecule has 0 saturated carbocycles. The molecule has 1 amide bonds. The first-order valence-corrected chi connectivity index (χ1v) is 11.2. The zero-order valence-electron chi connectivity index (χ0n) is 17.8. The van der Waals surface area contributed by atoms with E-state index in [1.165, 1.54) is 0 Å². The van der Waals surface area contributed by atoms with Crippen molar-refractivity contribution < 1.29 is 22.7 Å². The highest BCUT2D eigenvalue weighted by molar-refractivity contribution is 7.89. The van der Waals surface area contributed by atoms with Gasteiger partial charge in [0.2, 0.25) is 10.0 Å². The molecule has 0 fully saturated rings. The van der Waals surface area contributed by atoms with Crippen molar-refractivity contribution in [1.82, 2.24) is 10.0 Å². The van der Waals surface area contributed by atoms with Gasteiger partial charge in [-0.3, -0.25) is 0 Å². The van der Waals surface area contributed by atoms with Crippen LogP contribution in [0.2, 0.25) is 0 Å². The van der Waals surface area contributed by atoms with Crippen LogP contribution in [-0.2, 0) is 26.1 Å². The number of alkyl carbamates (subject to hydrolysis) is 1. The summed E-state index contributed by atoms with van der Waals surface area (Å²) in [5, 5.41) is 2.68. The molecule has 8 heteroatoms. The summed E-state index contributed by atoms with van der Waals surface area (Å²) in [5.41, 5.74) is 1.28. The lowest BCUT2D eigenvalue weighted by atomic mass is 10.2. The van der Waals surface area contributed by atoms with Gasteiger partial charge < -0.3 is 14.8 Å². The predicted molar refractivity (Wildman–Crippen MR) is 116 cm³/mol. The number of hydrogen-bond donors (Lipinski definition) is 2. The summed E-state index contributed by atoms with van der Waals surface area (Å²) in [5.74, 6) is 0. The minimum atomic E-state index is -3.72. The van der Waals surface area contributed by atoms with Gasteiger partial charge in [0, 0.05) is 6.54 Å². The average Bonchev–Trinajstić information content (AvgIpc) is 2.66. The van der Waals surface area contributed by atoms with Crippen LogP contribution in [0.3, 0.4) is 0 Å². The number of rotatable bonds is 9. The van der Waals surface area contributed by atoms with Gasteiger partial charge in [-0.1, -0.05) is 48.0 Å². The van der Waals surface area contributed by atoms with Crippen LogP contribution in [-0.4, -0.2) is 39.3 Å². The molecule has 30 heavy (non-hydrogen) atoms. The smallest absolute Gasteiger partial charge is 0.407 e. The van der Waals surface area contributed by atoms with Crippen LogP contribution >= 0.6 is 0 Å². The molecule has 2 aromatic rings. The Kier molecular flexibility index (Phi) is 8.40. The fraction of sp³-hybridized carbons (Fsp3) is 0.409. The van der Waals surface area contributed by atoms with Gasteiger partial charge in [-0.15, -0.1) is 0 Å². The maximum Gasteiger partial charge on any atom is 0.407 e. The fourth-order valence-corrected chi connectivity index (χ4v) is 3.61. The number of aryl methyl sites for hydroxylation is 1. The molecule has 0 heterocycles. The highest BCUT2D eigenvalue weighted by Crippen LogP contribution is 2.11. The quantitative estimate of drug-likeness (QED) is 0.631. The average molecular weight is 435 g/mol. The number of carbonyl (C=O) groups is 1. The number of carbonyl (C=O) groups excluding carboxylic acids is 1. The molecule has 0 saturated heterocycles. The normalized spacial score (nSPS) is 12.9. The molecule has 7 nitrogen and oxygen atoms in total. The second-order valence-electron chi connectivity index (χ2n) is 8.01. The molecule has 0 unspecified atom stereocenters. The summed E-state index contributed by atoms with van der Waals surface area (Å²) < 4.78 is 38.6. The zero-order chi connectivity index (χ0) is 22.2. The summed E-state index contributed by atoms with van der Waals surface area (Å²) in [6.45, 7) is 7.58. The van der Waals surface area contributed by atoms with Gasteiger partial charge >= 0.3 is 6.09 Å². The Morgan fingerprint density at radius 2 is 1.67 bits per heavy atom. The van der Waals surface area contributed by atoms with Crippen molar-refractivity contribution in [1.29, 1.82) is 0 Å². The standard InChI is InChI=1S/C22H30N2O5S/c1-17-10-12-20(13-11-17)30(26,27)23-14-19(24-21(25)29-22(2,3)4)16-28-15-18-8-6-5-7-9-18/h5-13,19,23H,14-16H2,1-4H3,(H,24,25)/t19-/m0/s1. The number of amides is 1. The number of benzene rings is 2. The fourth-order valence-electron chi connectivity index (χ4n) is 2.53. The van der Waals surface area contributed by atoms with E-state index in [1.54, 1.807) is 45.0 Å². The minimum absolute atomic E-state index is 0.0375. The lowest BCUT2D eigenvalue weighted by molar-refractivity contribution is 0.0432. The van der Waals surface area contributed by atoms with Crippen molar-refractivity contribution in [3.05, 3.63) is 65.7 Å². The van der Waals surface area contributed by atoms with Crippen molar-refractivity contribution in [3.8, 4) is 0 Å². The third-order valence-electron chi connectivity index (χ3n) is 4.00. The molecule has 0 radical (unpaired) electrons. The van der Waals surface area contributed by atoms with Gasteiger partial charge in [-0.2, -0.15) is 0 Å². The Bertz CT molecular complexity index is 907. The highest BCUT2D eigenvalue weighted by Gasteiger charge is 2.22. The van der Waals surface area contributed by atoms with E-state index in [4.69, 9.17) is 9.47 Å². The number of sulfonamides is 1. The molecule has 2 N–H and O–H groups in total. The molecule has 2 rings (SSSR count). The summed E-state index contributed by atoms with van der Waals surface area (Å²) in [7, 11) is -3.72. The van der Waals surface area contributed by atoms with E-state index in [1.807, 2.05) is 37.3 Å². The van der Waals surface area contributed by atoms with Gasteiger partial charge in [0.1, 0.15) is 5.60 Å². The maximum atomic E-state index is 12.6. The molecular formula is C22H30N2O5S. The Balaban J connectivity index is 2.00.